The van der Waals surface area contributed by atoms with E-state index in [2.05, 4.69) is 63.3 Å². The van der Waals surface area contributed by atoms with Crippen LogP contribution < -0.4 is 5.43 Å². The molecule has 0 aliphatic rings. The van der Waals surface area contributed by atoms with E-state index in [1.807, 2.05) is 0 Å². The number of halogens is 3. The first-order valence-corrected chi connectivity index (χ1v) is 7.99. The van der Waals surface area contributed by atoms with E-state index < -0.39 is 5.91 Å². The van der Waals surface area contributed by atoms with Gasteiger partial charge in [0.25, 0.3) is 5.91 Å². The van der Waals surface area contributed by atoms with E-state index in [0.29, 0.717) is 19.0 Å². The molecule has 108 valence electrons. The molecule has 2 N–H and O–H groups in total. The van der Waals surface area contributed by atoms with E-state index in [1.165, 1.54) is 12.4 Å². The van der Waals surface area contributed by atoms with Crippen LogP contribution in [0.5, 0.6) is 5.75 Å². The molecular weight excluding hydrogens is 470 g/mol. The highest BCUT2D eigenvalue weighted by atomic mass is 79.9. The summed E-state index contributed by atoms with van der Waals surface area (Å²) in [5, 5.41) is 13.7. The number of hydrazone groups is 1. The molecular formula is C13H8Br3N3O2. The standard InChI is InChI=1S/C13H8Br3N3O2/c14-8-5-9(15)12(20)11(16)7(8)6-18-19-13(21)10-3-1-2-4-17-10/h1-6,20H,(H,19,21)/b18-6-. The summed E-state index contributed by atoms with van der Waals surface area (Å²) in [4.78, 5) is 15.7. The summed E-state index contributed by atoms with van der Waals surface area (Å²) < 4.78 is 1.70. The first kappa shape index (κ1) is 16.1. The number of carbonyl (C=O) groups excluding carboxylic acids is 1. The van der Waals surface area contributed by atoms with Crippen molar-refractivity contribution in [3.05, 3.63) is 55.1 Å². The van der Waals surface area contributed by atoms with Crippen LogP contribution in [0.4, 0.5) is 0 Å². The van der Waals surface area contributed by atoms with E-state index in [1.54, 1.807) is 24.3 Å². The lowest BCUT2D eigenvalue weighted by Crippen LogP contribution is -2.18. The predicted molar refractivity (Wildman–Crippen MR) is 90.5 cm³/mol. The second kappa shape index (κ2) is 7.15. The van der Waals surface area contributed by atoms with E-state index in [0.717, 1.165) is 0 Å². The molecule has 0 radical (unpaired) electrons. The highest BCUT2D eigenvalue weighted by molar-refractivity contribution is 9.11. The van der Waals surface area contributed by atoms with Crippen LogP contribution in [0.3, 0.4) is 0 Å². The zero-order chi connectivity index (χ0) is 15.4. The molecule has 0 aliphatic heterocycles. The van der Waals surface area contributed by atoms with Crippen LogP contribution in [0.25, 0.3) is 0 Å². The number of aromatic hydroxyl groups is 1. The summed E-state index contributed by atoms with van der Waals surface area (Å²) in [6, 6.07) is 6.70. The maximum atomic E-state index is 11.8. The van der Waals surface area contributed by atoms with Gasteiger partial charge in [0.05, 0.1) is 15.2 Å². The third kappa shape index (κ3) is 3.90. The molecule has 0 spiro atoms. The SMILES string of the molecule is O=C(N/N=C\c1c(Br)cc(Br)c(O)c1Br)c1ccccn1. The number of nitrogens with zero attached hydrogens (tertiary/aromatic N) is 2. The summed E-state index contributed by atoms with van der Waals surface area (Å²) in [7, 11) is 0. The number of pyridine rings is 1. The van der Waals surface area contributed by atoms with E-state index in [9.17, 15) is 9.90 Å². The minimum atomic E-state index is -0.416. The number of nitrogens with one attached hydrogen (secondary N) is 1. The molecule has 1 amide bonds. The Morgan fingerprint density at radius 3 is 2.71 bits per heavy atom. The fraction of sp³-hybridized carbons (Fsp3) is 0. The van der Waals surface area contributed by atoms with Crippen molar-refractivity contribution in [2.45, 2.75) is 0 Å². The summed E-state index contributed by atoms with van der Waals surface area (Å²) in [5.74, 6) is -0.365. The molecule has 2 rings (SSSR count). The Hall–Kier alpha value is -1.25. The fourth-order valence-corrected chi connectivity index (χ4v) is 3.75. The number of hydrogen-bond donors (Lipinski definition) is 2. The van der Waals surface area contributed by atoms with Gasteiger partial charge >= 0.3 is 0 Å². The fourth-order valence-electron chi connectivity index (χ4n) is 1.42. The molecule has 0 unspecified atom stereocenters. The highest BCUT2D eigenvalue weighted by Gasteiger charge is 2.12. The van der Waals surface area contributed by atoms with Gasteiger partial charge in [0.2, 0.25) is 0 Å². The summed E-state index contributed by atoms with van der Waals surface area (Å²) in [6.07, 6.45) is 2.94. The van der Waals surface area contributed by atoms with Crippen molar-refractivity contribution in [3.8, 4) is 5.75 Å². The molecule has 0 bridgehead atoms. The summed E-state index contributed by atoms with van der Waals surface area (Å²) in [6.45, 7) is 0. The van der Waals surface area contributed by atoms with Crippen LogP contribution >= 0.6 is 47.8 Å². The topological polar surface area (TPSA) is 74.6 Å². The minimum absolute atomic E-state index is 0.0516. The molecule has 21 heavy (non-hydrogen) atoms. The average molecular weight is 478 g/mol. The lowest BCUT2D eigenvalue weighted by Gasteiger charge is -2.06. The van der Waals surface area contributed by atoms with Gasteiger partial charge in [-0.1, -0.05) is 22.0 Å². The monoisotopic (exact) mass is 475 g/mol. The Balaban J connectivity index is 2.16. The van der Waals surface area contributed by atoms with Gasteiger partial charge in [-0.15, -0.1) is 0 Å². The Labute approximate surface area is 145 Å². The highest BCUT2D eigenvalue weighted by Crippen LogP contribution is 2.38. The number of phenolic OH excluding ortho intramolecular Hbond substituents is 1. The zero-order valence-electron chi connectivity index (χ0n) is 10.3. The van der Waals surface area contributed by atoms with Crippen molar-refractivity contribution < 1.29 is 9.90 Å². The summed E-state index contributed by atoms with van der Waals surface area (Å²) >= 11 is 9.85. The van der Waals surface area contributed by atoms with Crippen molar-refractivity contribution in [2.24, 2.45) is 5.10 Å². The van der Waals surface area contributed by atoms with Crippen molar-refractivity contribution in [1.29, 1.82) is 0 Å². The second-order valence-electron chi connectivity index (χ2n) is 3.83. The van der Waals surface area contributed by atoms with Gasteiger partial charge in [-0.05, 0) is 50.1 Å². The maximum absolute atomic E-state index is 11.8. The Kier molecular flexibility index (Phi) is 5.49. The van der Waals surface area contributed by atoms with Crippen LogP contribution in [0.1, 0.15) is 16.1 Å². The second-order valence-corrected chi connectivity index (χ2v) is 6.33. The molecule has 0 fully saturated rings. The smallest absolute Gasteiger partial charge is 0.289 e. The molecule has 2 aromatic rings. The first-order chi connectivity index (χ1) is 10.0. The molecule has 8 heteroatoms. The number of hydrogen-bond acceptors (Lipinski definition) is 4. The molecule has 0 atom stereocenters. The molecule has 0 saturated heterocycles. The van der Waals surface area contributed by atoms with E-state index >= 15 is 0 Å². The third-order valence-electron chi connectivity index (χ3n) is 2.44. The van der Waals surface area contributed by atoms with Crippen LogP contribution in [0.2, 0.25) is 0 Å². The van der Waals surface area contributed by atoms with Crippen molar-refractivity contribution >= 4 is 59.9 Å². The van der Waals surface area contributed by atoms with Gasteiger partial charge in [-0.2, -0.15) is 5.10 Å². The van der Waals surface area contributed by atoms with Crippen LogP contribution in [0, 0.1) is 0 Å². The van der Waals surface area contributed by atoms with Gasteiger partial charge in [-0.25, -0.2) is 5.43 Å². The minimum Gasteiger partial charge on any atom is -0.506 e. The van der Waals surface area contributed by atoms with Gasteiger partial charge in [-0.3, -0.25) is 9.78 Å². The van der Waals surface area contributed by atoms with Gasteiger partial charge in [0.15, 0.2) is 0 Å². The number of amides is 1. The van der Waals surface area contributed by atoms with Gasteiger partial charge < -0.3 is 5.11 Å². The molecule has 1 aromatic carbocycles. The number of benzene rings is 1. The molecule has 0 aliphatic carbocycles. The van der Waals surface area contributed by atoms with Crippen LogP contribution in [0.15, 0.2) is 49.0 Å². The van der Waals surface area contributed by atoms with E-state index in [-0.39, 0.29) is 11.4 Å². The van der Waals surface area contributed by atoms with Crippen LogP contribution in [-0.4, -0.2) is 22.2 Å². The first-order valence-electron chi connectivity index (χ1n) is 5.61. The quantitative estimate of drug-likeness (QED) is 0.521. The Morgan fingerprint density at radius 1 is 1.29 bits per heavy atom. The Bertz CT molecular complexity index is 706. The maximum Gasteiger partial charge on any atom is 0.289 e. The normalized spacial score (nSPS) is 10.8. The lowest BCUT2D eigenvalue weighted by molar-refractivity contribution is 0.0950. The molecule has 0 saturated carbocycles. The average Bonchev–Trinajstić information content (AvgIpc) is 2.49. The van der Waals surface area contributed by atoms with E-state index in [4.69, 9.17) is 0 Å². The number of carbonyl (C=O) groups is 1. The van der Waals surface area contributed by atoms with Crippen molar-refractivity contribution in [2.75, 3.05) is 0 Å². The summed E-state index contributed by atoms with van der Waals surface area (Å²) in [5.41, 5.74) is 3.23. The molecule has 5 nitrogen and oxygen atoms in total. The molecule has 1 heterocycles. The number of phenols is 1. The van der Waals surface area contributed by atoms with Gasteiger partial charge in [0.1, 0.15) is 11.4 Å². The lowest BCUT2D eigenvalue weighted by atomic mass is 10.2. The van der Waals surface area contributed by atoms with Crippen LogP contribution in [-0.2, 0) is 0 Å². The zero-order valence-corrected chi connectivity index (χ0v) is 15.1. The largest absolute Gasteiger partial charge is 0.506 e. The number of rotatable bonds is 3. The predicted octanol–water partition coefficient (Wildman–Crippen LogP) is 3.84. The molecule has 1 aromatic heterocycles. The number of aromatic nitrogens is 1. The van der Waals surface area contributed by atoms with Crippen molar-refractivity contribution in [3.63, 3.8) is 0 Å². The third-order valence-corrected chi connectivity index (χ3v) is 4.50. The Morgan fingerprint density at radius 2 is 2.05 bits per heavy atom. The van der Waals surface area contributed by atoms with Gasteiger partial charge in [0, 0.05) is 16.2 Å². The van der Waals surface area contributed by atoms with Crippen molar-refractivity contribution in [1.82, 2.24) is 10.4 Å².